The van der Waals surface area contributed by atoms with E-state index >= 15 is 0 Å². The number of nitrogens with one attached hydrogen (secondary N) is 1. The normalized spacial score (nSPS) is 15.0. The Balaban J connectivity index is 4.14. The summed E-state index contributed by atoms with van der Waals surface area (Å²) < 4.78 is 23.6. The summed E-state index contributed by atoms with van der Waals surface area (Å²) in [6.45, 7) is 3.01. The van der Waals surface area contributed by atoms with Crippen LogP contribution in [0.3, 0.4) is 0 Å². The highest BCUT2D eigenvalue weighted by molar-refractivity contribution is 6.27. The topological polar surface area (TPSA) is 46.2 Å². The Bertz CT molecular complexity index is 223. The predicted octanol–water partition coefficient (Wildman–Crippen LogP) is 1.20. The van der Waals surface area contributed by atoms with Crippen LogP contribution in [0, 0.1) is 5.92 Å². The molecule has 82 valence electrons. The third-order valence-corrected chi connectivity index (χ3v) is 2.22. The summed E-state index contributed by atoms with van der Waals surface area (Å²) in [7, 11) is 0. The van der Waals surface area contributed by atoms with Crippen molar-refractivity contribution in [2.75, 3.05) is 5.88 Å². The maximum Gasteiger partial charge on any atom is 0.315 e. The lowest BCUT2D eigenvalue weighted by Crippen LogP contribution is -2.42. The standard InChI is InChI=1S/C8H12ClF2NO2/c1-4(6(13)3-9)5(2)12-8(14)7(10)11/h4-5,7H,3H2,1-2H3,(H,12,14). The van der Waals surface area contributed by atoms with E-state index in [0.717, 1.165) is 0 Å². The maximum atomic E-state index is 11.8. The van der Waals surface area contributed by atoms with Gasteiger partial charge in [0.1, 0.15) is 0 Å². The van der Waals surface area contributed by atoms with Crippen molar-refractivity contribution in [2.24, 2.45) is 5.92 Å². The number of ketones is 1. The fraction of sp³-hybridized carbons (Fsp3) is 0.750. The molecule has 0 saturated heterocycles. The molecule has 2 atom stereocenters. The fourth-order valence-electron chi connectivity index (χ4n) is 0.813. The van der Waals surface area contributed by atoms with E-state index in [1.807, 2.05) is 5.32 Å². The molecule has 0 aromatic carbocycles. The zero-order chi connectivity index (χ0) is 11.3. The van der Waals surface area contributed by atoms with Gasteiger partial charge in [-0.05, 0) is 6.92 Å². The maximum absolute atomic E-state index is 11.8. The Morgan fingerprint density at radius 3 is 2.21 bits per heavy atom. The first-order chi connectivity index (χ1) is 6.40. The molecule has 1 N–H and O–H groups in total. The van der Waals surface area contributed by atoms with Gasteiger partial charge in [0.25, 0.3) is 5.91 Å². The minimum absolute atomic E-state index is 0.184. The van der Waals surface area contributed by atoms with Gasteiger partial charge in [-0.2, -0.15) is 8.78 Å². The first-order valence-electron chi connectivity index (χ1n) is 4.07. The summed E-state index contributed by atoms with van der Waals surface area (Å²) in [5.41, 5.74) is 0. The number of halogens is 3. The number of hydrogen-bond acceptors (Lipinski definition) is 2. The lowest BCUT2D eigenvalue weighted by molar-refractivity contribution is -0.133. The molecule has 1 amide bonds. The molecule has 14 heavy (non-hydrogen) atoms. The van der Waals surface area contributed by atoms with Gasteiger partial charge in [-0.3, -0.25) is 9.59 Å². The van der Waals surface area contributed by atoms with Gasteiger partial charge in [0.05, 0.1) is 5.88 Å². The van der Waals surface area contributed by atoms with Crippen LogP contribution in [-0.4, -0.2) is 30.0 Å². The van der Waals surface area contributed by atoms with Crippen molar-refractivity contribution in [3.8, 4) is 0 Å². The van der Waals surface area contributed by atoms with E-state index in [1.54, 1.807) is 0 Å². The van der Waals surface area contributed by atoms with E-state index in [2.05, 4.69) is 0 Å². The SMILES string of the molecule is CC(NC(=O)C(F)F)C(C)C(=O)CCl. The Hall–Kier alpha value is -0.710. The molecule has 0 aromatic heterocycles. The van der Waals surface area contributed by atoms with Crippen molar-refractivity contribution in [3.63, 3.8) is 0 Å². The van der Waals surface area contributed by atoms with E-state index < -0.39 is 24.3 Å². The Morgan fingerprint density at radius 2 is 1.86 bits per heavy atom. The molecule has 2 unspecified atom stereocenters. The third kappa shape index (κ3) is 4.00. The third-order valence-electron chi connectivity index (χ3n) is 1.96. The van der Waals surface area contributed by atoms with E-state index in [0.29, 0.717) is 0 Å². The minimum Gasteiger partial charge on any atom is -0.348 e. The quantitative estimate of drug-likeness (QED) is 0.718. The molecule has 0 spiro atoms. The van der Waals surface area contributed by atoms with E-state index in [4.69, 9.17) is 11.6 Å². The van der Waals surface area contributed by atoms with Gasteiger partial charge in [0.2, 0.25) is 0 Å². The zero-order valence-electron chi connectivity index (χ0n) is 7.89. The summed E-state index contributed by atoms with van der Waals surface area (Å²) in [5.74, 6) is -2.40. The van der Waals surface area contributed by atoms with E-state index in [-0.39, 0.29) is 11.7 Å². The van der Waals surface area contributed by atoms with Gasteiger partial charge in [0, 0.05) is 12.0 Å². The second kappa shape index (κ2) is 5.90. The molecule has 0 aliphatic rings. The Labute approximate surface area is 85.8 Å². The van der Waals surface area contributed by atoms with Crippen molar-refractivity contribution < 1.29 is 18.4 Å². The highest BCUT2D eigenvalue weighted by atomic mass is 35.5. The highest BCUT2D eigenvalue weighted by Gasteiger charge is 2.24. The van der Waals surface area contributed by atoms with Crippen LogP contribution in [0.25, 0.3) is 0 Å². The molecule has 0 saturated carbocycles. The van der Waals surface area contributed by atoms with Crippen LogP contribution in [0.1, 0.15) is 13.8 Å². The smallest absolute Gasteiger partial charge is 0.315 e. The molecule has 0 bridgehead atoms. The second-order valence-electron chi connectivity index (χ2n) is 2.99. The molecule has 0 aromatic rings. The first-order valence-corrected chi connectivity index (χ1v) is 4.60. The largest absolute Gasteiger partial charge is 0.348 e. The molecule has 0 radical (unpaired) electrons. The molecule has 0 fully saturated rings. The summed E-state index contributed by atoms with van der Waals surface area (Å²) >= 11 is 5.28. The van der Waals surface area contributed by atoms with Crippen LogP contribution >= 0.6 is 11.6 Å². The molecule has 3 nitrogen and oxygen atoms in total. The van der Waals surface area contributed by atoms with Crippen LogP contribution in [0.5, 0.6) is 0 Å². The van der Waals surface area contributed by atoms with Crippen molar-refractivity contribution in [2.45, 2.75) is 26.3 Å². The van der Waals surface area contributed by atoms with Crippen molar-refractivity contribution >= 4 is 23.3 Å². The number of Topliss-reactive ketones (excluding diaryl/α,β-unsaturated/α-hetero) is 1. The van der Waals surface area contributed by atoms with Crippen molar-refractivity contribution in [1.82, 2.24) is 5.32 Å². The molecular formula is C8H12ClF2NO2. The molecule has 6 heteroatoms. The van der Waals surface area contributed by atoms with Crippen LogP contribution in [0.2, 0.25) is 0 Å². The van der Waals surface area contributed by atoms with Gasteiger partial charge in [-0.15, -0.1) is 11.6 Å². The summed E-state index contributed by atoms with van der Waals surface area (Å²) in [4.78, 5) is 21.6. The lowest BCUT2D eigenvalue weighted by Gasteiger charge is -2.19. The van der Waals surface area contributed by atoms with Gasteiger partial charge >= 0.3 is 6.43 Å². The second-order valence-corrected chi connectivity index (χ2v) is 3.25. The van der Waals surface area contributed by atoms with Crippen molar-refractivity contribution in [1.29, 1.82) is 0 Å². The fourth-order valence-corrected chi connectivity index (χ4v) is 1.06. The molecule has 0 rings (SSSR count). The van der Waals surface area contributed by atoms with Crippen LogP contribution < -0.4 is 5.32 Å². The number of carbonyl (C=O) groups excluding carboxylic acids is 2. The van der Waals surface area contributed by atoms with E-state index in [9.17, 15) is 18.4 Å². The van der Waals surface area contributed by atoms with Crippen LogP contribution in [0.15, 0.2) is 0 Å². The number of alkyl halides is 3. The number of hydrogen-bond donors (Lipinski definition) is 1. The average molecular weight is 228 g/mol. The number of rotatable bonds is 5. The zero-order valence-corrected chi connectivity index (χ0v) is 8.65. The Morgan fingerprint density at radius 1 is 1.36 bits per heavy atom. The predicted molar refractivity (Wildman–Crippen MR) is 48.5 cm³/mol. The molecule has 0 aliphatic heterocycles. The lowest BCUT2D eigenvalue weighted by atomic mass is 9.99. The van der Waals surface area contributed by atoms with Crippen LogP contribution in [-0.2, 0) is 9.59 Å². The number of amides is 1. The van der Waals surface area contributed by atoms with Gasteiger partial charge in [-0.25, -0.2) is 0 Å². The highest BCUT2D eigenvalue weighted by Crippen LogP contribution is 2.06. The van der Waals surface area contributed by atoms with Gasteiger partial charge in [0.15, 0.2) is 5.78 Å². The first kappa shape index (κ1) is 13.3. The summed E-state index contributed by atoms with van der Waals surface area (Å²) in [6.07, 6.45) is -3.06. The molecule has 0 aliphatic carbocycles. The van der Waals surface area contributed by atoms with Gasteiger partial charge in [-0.1, -0.05) is 6.92 Å². The molecule has 0 heterocycles. The summed E-state index contributed by atoms with van der Waals surface area (Å²) in [5, 5.41) is 2.03. The summed E-state index contributed by atoms with van der Waals surface area (Å²) in [6, 6.07) is -0.636. The number of carbonyl (C=O) groups is 2. The minimum atomic E-state index is -3.06. The van der Waals surface area contributed by atoms with E-state index in [1.165, 1.54) is 13.8 Å². The van der Waals surface area contributed by atoms with Gasteiger partial charge < -0.3 is 5.32 Å². The average Bonchev–Trinajstić information content (AvgIpc) is 2.14. The molecular weight excluding hydrogens is 216 g/mol. The van der Waals surface area contributed by atoms with Crippen LogP contribution in [0.4, 0.5) is 8.78 Å². The van der Waals surface area contributed by atoms with Crippen molar-refractivity contribution in [3.05, 3.63) is 0 Å². The monoisotopic (exact) mass is 227 g/mol. The Kier molecular flexibility index (Phi) is 5.60.